The van der Waals surface area contributed by atoms with E-state index in [1.165, 1.54) is 18.2 Å². The zero-order chi connectivity index (χ0) is 12.0. The SMILES string of the molecule is C[C@@H](CO)NC(=O)C=Cc1ccccc1F. The minimum absolute atomic E-state index is 0.126. The summed E-state index contributed by atoms with van der Waals surface area (Å²) in [6, 6.07) is 5.87. The Morgan fingerprint density at radius 3 is 2.88 bits per heavy atom. The maximum Gasteiger partial charge on any atom is 0.244 e. The number of halogens is 1. The van der Waals surface area contributed by atoms with Crippen LogP contribution in [0.2, 0.25) is 0 Å². The van der Waals surface area contributed by atoms with Crippen LogP contribution in [0.3, 0.4) is 0 Å². The molecule has 0 unspecified atom stereocenters. The molecular weight excluding hydrogens is 209 g/mol. The fraction of sp³-hybridized carbons (Fsp3) is 0.250. The Balaban J connectivity index is 2.60. The number of aliphatic hydroxyl groups is 1. The van der Waals surface area contributed by atoms with Gasteiger partial charge in [-0.25, -0.2) is 4.39 Å². The molecule has 1 amide bonds. The first-order valence-corrected chi connectivity index (χ1v) is 4.97. The molecule has 0 radical (unpaired) electrons. The minimum Gasteiger partial charge on any atom is -0.394 e. The number of hydrogen-bond donors (Lipinski definition) is 2. The molecular formula is C12H14FNO2. The number of nitrogens with one attached hydrogen (secondary N) is 1. The van der Waals surface area contributed by atoms with Crippen molar-refractivity contribution in [1.29, 1.82) is 0 Å². The standard InChI is InChI=1S/C12H14FNO2/c1-9(8-15)14-12(16)7-6-10-4-2-3-5-11(10)13/h2-7,9,15H,8H2,1H3,(H,14,16)/t9-/m0/s1. The van der Waals surface area contributed by atoms with Crippen LogP contribution in [-0.4, -0.2) is 23.7 Å². The van der Waals surface area contributed by atoms with E-state index in [0.717, 1.165) is 0 Å². The van der Waals surface area contributed by atoms with Crippen molar-refractivity contribution < 1.29 is 14.3 Å². The average molecular weight is 223 g/mol. The summed E-state index contributed by atoms with van der Waals surface area (Å²) in [5.74, 6) is -0.730. The molecule has 1 aromatic rings. The van der Waals surface area contributed by atoms with Gasteiger partial charge >= 0.3 is 0 Å². The molecule has 0 bridgehead atoms. The first kappa shape index (κ1) is 12.4. The van der Waals surface area contributed by atoms with E-state index in [2.05, 4.69) is 5.32 Å². The zero-order valence-corrected chi connectivity index (χ0v) is 8.98. The number of amides is 1. The van der Waals surface area contributed by atoms with Gasteiger partial charge in [-0.2, -0.15) is 0 Å². The summed E-state index contributed by atoms with van der Waals surface area (Å²) < 4.78 is 13.1. The molecule has 2 N–H and O–H groups in total. The molecule has 0 aliphatic carbocycles. The van der Waals surface area contributed by atoms with Crippen LogP contribution in [0.15, 0.2) is 30.3 Å². The maximum absolute atomic E-state index is 13.1. The molecule has 0 aromatic heterocycles. The summed E-state index contributed by atoms with van der Waals surface area (Å²) in [5.41, 5.74) is 0.356. The lowest BCUT2D eigenvalue weighted by atomic mass is 10.2. The first-order valence-electron chi connectivity index (χ1n) is 4.97. The van der Waals surface area contributed by atoms with Crippen molar-refractivity contribution in [2.45, 2.75) is 13.0 Å². The summed E-state index contributed by atoms with van der Waals surface area (Å²) in [4.78, 5) is 11.3. The monoisotopic (exact) mass is 223 g/mol. The predicted octanol–water partition coefficient (Wildman–Crippen LogP) is 1.34. The summed E-state index contributed by atoms with van der Waals surface area (Å²) in [6.45, 7) is 1.55. The van der Waals surface area contributed by atoms with E-state index in [9.17, 15) is 9.18 Å². The molecule has 0 heterocycles. The second kappa shape index (κ2) is 6.02. The highest BCUT2D eigenvalue weighted by molar-refractivity contribution is 5.91. The van der Waals surface area contributed by atoms with Crippen LogP contribution in [0.25, 0.3) is 6.08 Å². The van der Waals surface area contributed by atoms with Crippen LogP contribution in [-0.2, 0) is 4.79 Å². The second-order valence-electron chi connectivity index (χ2n) is 3.45. The Bertz CT molecular complexity index is 390. The van der Waals surface area contributed by atoms with Gasteiger partial charge in [0.1, 0.15) is 5.82 Å². The summed E-state index contributed by atoms with van der Waals surface area (Å²) in [7, 11) is 0. The minimum atomic E-state index is -0.373. The van der Waals surface area contributed by atoms with Crippen molar-refractivity contribution in [2.24, 2.45) is 0 Å². The molecule has 0 saturated heterocycles. The highest BCUT2D eigenvalue weighted by atomic mass is 19.1. The lowest BCUT2D eigenvalue weighted by Crippen LogP contribution is -2.33. The van der Waals surface area contributed by atoms with Crippen molar-refractivity contribution in [1.82, 2.24) is 5.32 Å². The van der Waals surface area contributed by atoms with E-state index in [0.29, 0.717) is 5.56 Å². The topological polar surface area (TPSA) is 49.3 Å². The Hall–Kier alpha value is -1.68. The molecule has 0 aliphatic heterocycles. The van der Waals surface area contributed by atoms with Gasteiger partial charge in [-0.3, -0.25) is 4.79 Å². The summed E-state index contributed by atoms with van der Waals surface area (Å²) >= 11 is 0. The normalized spacial score (nSPS) is 12.7. The number of carbonyl (C=O) groups excluding carboxylic acids is 1. The highest BCUT2D eigenvalue weighted by Gasteiger charge is 2.02. The lowest BCUT2D eigenvalue weighted by molar-refractivity contribution is -0.117. The highest BCUT2D eigenvalue weighted by Crippen LogP contribution is 2.07. The van der Waals surface area contributed by atoms with Crippen LogP contribution < -0.4 is 5.32 Å². The van der Waals surface area contributed by atoms with Crippen LogP contribution in [0, 0.1) is 5.82 Å². The lowest BCUT2D eigenvalue weighted by Gasteiger charge is -2.07. The molecule has 4 heteroatoms. The predicted molar refractivity (Wildman–Crippen MR) is 60.1 cm³/mol. The third-order valence-electron chi connectivity index (χ3n) is 1.98. The van der Waals surface area contributed by atoms with Crippen LogP contribution in [0.1, 0.15) is 12.5 Å². The molecule has 0 spiro atoms. The van der Waals surface area contributed by atoms with Gasteiger partial charge in [-0.05, 0) is 19.1 Å². The number of aliphatic hydroxyl groups excluding tert-OH is 1. The molecule has 3 nitrogen and oxygen atoms in total. The molecule has 1 atom stereocenters. The fourth-order valence-electron chi connectivity index (χ4n) is 1.11. The van der Waals surface area contributed by atoms with Gasteiger partial charge in [-0.15, -0.1) is 0 Å². The van der Waals surface area contributed by atoms with Gasteiger partial charge in [0.05, 0.1) is 6.61 Å². The number of rotatable bonds is 4. The van der Waals surface area contributed by atoms with Gasteiger partial charge in [0.25, 0.3) is 0 Å². The molecule has 0 fully saturated rings. The van der Waals surface area contributed by atoms with E-state index >= 15 is 0 Å². The Labute approximate surface area is 93.6 Å². The van der Waals surface area contributed by atoms with Gasteiger partial charge in [0.2, 0.25) is 5.91 Å². The fourth-order valence-corrected chi connectivity index (χ4v) is 1.11. The Morgan fingerprint density at radius 1 is 1.56 bits per heavy atom. The Kier molecular flexibility index (Phi) is 4.66. The van der Waals surface area contributed by atoms with Crippen LogP contribution in [0.5, 0.6) is 0 Å². The average Bonchev–Trinajstić information content (AvgIpc) is 2.28. The van der Waals surface area contributed by atoms with Gasteiger partial charge in [0, 0.05) is 17.7 Å². The van der Waals surface area contributed by atoms with E-state index in [-0.39, 0.29) is 24.4 Å². The molecule has 1 aromatic carbocycles. The molecule has 0 aliphatic rings. The smallest absolute Gasteiger partial charge is 0.244 e. The van der Waals surface area contributed by atoms with E-state index in [1.807, 2.05) is 0 Å². The number of carbonyl (C=O) groups is 1. The largest absolute Gasteiger partial charge is 0.394 e. The zero-order valence-electron chi connectivity index (χ0n) is 8.98. The van der Waals surface area contributed by atoms with Crippen molar-refractivity contribution in [3.05, 3.63) is 41.7 Å². The number of hydrogen-bond acceptors (Lipinski definition) is 2. The molecule has 1 rings (SSSR count). The third kappa shape index (κ3) is 3.82. The maximum atomic E-state index is 13.1. The number of benzene rings is 1. The van der Waals surface area contributed by atoms with Gasteiger partial charge in [-0.1, -0.05) is 18.2 Å². The summed E-state index contributed by atoms with van der Waals surface area (Å²) in [5, 5.41) is 11.2. The van der Waals surface area contributed by atoms with E-state index in [4.69, 9.17) is 5.11 Å². The third-order valence-corrected chi connectivity index (χ3v) is 1.98. The van der Waals surface area contributed by atoms with Crippen LogP contribution >= 0.6 is 0 Å². The van der Waals surface area contributed by atoms with E-state index in [1.54, 1.807) is 25.1 Å². The Morgan fingerprint density at radius 2 is 2.25 bits per heavy atom. The second-order valence-corrected chi connectivity index (χ2v) is 3.45. The van der Waals surface area contributed by atoms with E-state index < -0.39 is 0 Å². The van der Waals surface area contributed by atoms with Crippen molar-refractivity contribution in [2.75, 3.05) is 6.61 Å². The summed E-state index contributed by atoms with van der Waals surface area (Å²) in [6.07, 6.45) is 2.64. The first-order chi connectivity index (χ1) is 7.63. The van der Waals surface area contributed by atoms with Crippen molar-refractivity contribution in [3.63, 3.8) is 0 Å². The van der Waals surface area contributed by atoms with Gasteiger partial charge < -0.3 is 10.4 Å². The molecule has 0 saturated carbocycles. The molecule has 16 heavy (non-hydrogen) atoms. The van der Waals surface area contributed by atoms with Gasteiger partial charge in [0.15, 0.2) is 0 Å². The van der Waals surface area contributed by atoms with Crippen molar-refractivity contribution >= 4 is 12.0 Å². The van der Waals surface area contributed by atoms with Crippen LogP contribution in [0.4, 0.5) is 4.39 Å². The molecule has 86 valence electrons. The quantitative estimate of drug-likeness (QED) is 0.757. The van der Waals surface area contributed by atoms with Crippen molar-refractivity contribution in [3.8, 4) is 0 Å².